The molecule has 1 atom stereocenters. The summed E-state index contributed by atoms with van der Waals surface area (Å²) in [6.45, 7) is 1.54. The molecule has 1 N–H and O–H groups in total. The summed E-state index contributed by atoms with van der Waals surface area (Å²) in [7, 11) is 1.69. The first-order valence-corrected chi connectivity index (χ1v) is 11.1. The maximum atomic E-state index is 12.2. The molecule has 1 unspecified atom stereocenters. The third-order valence-electron chi connectivity index (χ3n) is 6.51. The van der Waals surface area contributed by atoms with Gasteiger partial charge < -0.3 is 9.84 Å². The maximum absolute atomic E-state index is 12.2. The van der Waals surface area contributed by atoms with Crippen LogP contribution in [-0.2, 0) is 5.72 Å². The number of para-hydroxylation sites is 2. The molecule has 0 radical (unpaired) electrons. The summed E-state index contributed by atoms with van der Waals surface area (Å²) in [4.78, 5) is 2.12. The molecule has 0 spiro atoms. The van der Waals surface area contributed by atoms with Crippen LogP contribution in [0.4, 0.5) is 5.69 Å². The molecule has 3 aromatic rings. The van der Waals surface area contributed by atoms with E-state index in [1.54, 1.807) is 7.11 Å². The summed E-state index contributed by atoms with van der Waals surface area (Å²) in [6.07, 6.45) is 4.49. The van der Waals surface area contributed by atoms with Crippen LogP contribution in [0, 0.1) is 0 Å². The fourth-order valence-electron chi connectivity index (χ4n) is 4.96. The second-order valence-electron chi connectivity index (χ2n) is 8.42. The molecular formula is C27H29N2O2+. The van der Waals surface area contributed by atoms with E-state index in [0.717, 1.165) is 48.4 Å². The van der Waals surface area contributed by atoms with E-state index >= 15 is 0 Å². The number of anilines is 1. The number of benzene rings is 3. The van der Waals surface area contributed by atoms with Gasteiger partial charge in [0.15, 0.2) is 18.0 Å². The van der Waals surface area contributed by atoms with Crippen LogP contribution in [0.1, 0.15) is 31.2 Å². The van der Waals surface area contributed by atoms with Gasteiger partial charge in [0, 0.05) is 12.0 Å². The minimum absolute atomic E-state index is 0.561. The standard InChI is InChI=1S/C27H29N2O2/c1-31-25-13-8-7-12-24(25)29-26-14-6-3-9-19-28(26)20-27(29,30)23-17-15-22(16-18-23)21-10-4-2-5-11-21/h2,4-5,7-8,10-13,15-18,30H,3,6,9,14,19-20H2,1H3/q+1. The van der Waals surface area contributed by atoms with E-state index in [-0.39, 0.29) is 0 Å². The minimum Gasteiger partial charge on any atom is -0.492 e. The first-order chi connectivity index (χ1) is 15.2. The lowest BCUT2D eigenvalue weighted by atomic mass is 9.96. The molecule has 0 fully saturated rings. The zero-order valence-electron chi connectivity index (χ0n) is 18.0. The van der Waals surface area contributed by atoms with Gasteiger partial charge in [0.1, 0.15) is 0 Å². The number of methoxy groups -OCH3 is 1. The van der Waals surface area contributed by atoms with Crippen LogP contribution >= 0.6 is 0 Å². The second-order valence-corrected chi connectivity index (χ2v) is 8.42. The van der Waals surface area contributed by atoms with E-state index in [1.807, 2.05) is 30.3 Å². The Morgan fingerprint density at radius 1 is 0.839 bits per heavy atom. The van der Waals surface area contributed by atoms with Crippen molar-refractivity contribution in [3.8, 4) is 16.9 Å². The fraction of sp³-hybridized carbons (Fsp3) is 0.296. The molecule has 0 saturated heterocycles. The highest BCUT2D eigenvalue weighted by Crippen LogP contribution is 2.42. The summed E-state index contributed by atoms with van der Waals surface area (Å²) >= 11 is 0. The first kappa shape index (κ1) is 19.8. The third-order valence-corrected chi connectivity index (χ3v) is 6.51. The van der Waals surface area contributed by atoms with E-state index in [2.05, 4.69) is 58.0 Å². The number of nitrogens with zero attached hydrogens (tertiary/aromatic N) is 2. The summed E-state index contributed by atoms with van der Waals surface area (Å²) in [5, 5.41) is 12.2. The molecule has 5 rings (SSSR count). The fourth-order valence-corrected chi connectivity index (χ4v) is 4.96. The summed E-state index contributed by atoms with van der Waals surface area (Å²) < 4.78 is 8.06. The lowest BCUT2D eigenvalue weighted by Gasteiger charge is -2.30. The molecule has 31 heavy (non-hydrogen) atoms. The predicted molar refractivity (Wildman–Crippen MR) is 125 cm³/mol. The van der Waals surface area contributed by atoms with Crippen molar-refractivity contribution < 1.29 is 14.4 Å². The lowest BCUT2D eigenvalue weighted by Crippen LogP contribution is -2.47. The highest BCUT2D eigenvalue weighted by molar-refractivity contribution is 5.98. The van der Waals surface area contributed by atoms with E-state index in [0.29, 0.717) is 6.54 Å². The van der Waals surface area contributed by atoms with Crippen molar-refractivity contribution in [1.29, 1.82) is 0 Å². The van der Waals surface area contributed by atoms with Crippen LogP contribution in [0.25, 0.3) is 11.1 Å². The Hall–Kier alpha value is -3.11. The molecule has 0 bridgehead atoms. The largest absolute Gasteiger partial charge is 0.492 e. The Kier molecular flexibility index (Phi) is 5.24. The van der Waals surface area contributed by atoms with E-state index in [1.165, 1.54) is 17.8 Å². The van der Waals surface area contributed by atoms with Crippen LogP contribution in [0.3, 0.4) is 0 Å². The van der Waals surface area contributed by atoms with E-state index in [9.17, 15) is 5.11 Å². The Bertz CT molecular complexity index is 1090. The van der Waals surface area contributed by atoms with Crippen molar-refractivity contribution in [1.82, 2.24) is 0 Å². The van der Waals surface area contributed by atoms with Gasteiger partial charge in [-0.15, -0.1) is 0 Å². The number of rotatable bonds is 4. The number of hydrogen-bond donors (Lipinski definition) is 1. The average Bonchev–Trinajstić information content (AvgIpc) is 2.95. The minimum atomic E-state index is -1.14. The zero-order valence-corrected chi connectivity index (χ0v) is 18.0. The van der Waals surface area contributed by atoms with Gasteiger partial charge in [-0.1, -0.05) is 66.7 Å². The van der Waals surface area contributed by atoms with Crippen molar-refractivity contribution in [3.05, 3.63) is 84.4 Å². The summed E-state index contributed by atoms with van der Waals surface area (Å²) in [5.41, 5.74) is 3.00. The summed E-state index contributed by atoms with van der Waals surface area (Å²) in [5.74, 6) is 1.97. The van der Waals surface area contributed by atoms with Crippen LogP contribution in [0.15, 0.2) is 78.9 Å². The number of hydrogen-bond acceptors (Lipinski definition) is 3. The van der Waals surface area contributed by atoms with Gasteiger partial charge in [-0.2, -0.15) is 4.90 Å². The number of amidine groups is 1. The highest BCUT2D eigenvalue weighted by Gasteiger charge is 2.54. The zero-order chi connectivity index (χ0) is 21.3. The van der Waals surface area contributed by atoms with E-state index < -0.39 is 5.72 Å². The van der Waals surface area contributed by atoms with Gasteiger partial charge in [0.25, 0.3) is 11.6 Å². The molecule has 2 heterocycles. The Labute approximate surface area is 184 Å². The number of aliphatic hydroxyl groups is 1. The second kappa shape index (κ2) is 8.20. The molecule has 3 aromatic carbocycles. The Morgan fingerprint density at radius 2 is 1.55 bits per heavy atom. The van der Waals surface area contributed by atoms with Gasteiger partial charge >= 0.3 is 0 Å². The molecule has 0 aromatic heterocycles. The smallest absolute Gasteiger partial charge is 0.275 e. The maximum Gasteiger partial charge on any atom is 0.275 e. The quantitative estimate of drug-likeness (QED) is 0.611. The normalized spacial score (nSPS) is 21.0. The van der Waals surface area contributed by atoms with Gasteiger partial charge in [-0.25, -0.2) is 0 Å². The first-order valence-electron chi connectivity index (χ1n) is 11.1. The molecule has 4 nitrogen and oxygen atoms in total. The molecule has 0 amide bonds. The Balaban J connectivity index is 1.59. The predicted octanol–water partition coefficient (Wildman–Crippen LogP) is 5.01. The molecule has 0 aliphatic carbocycles. The van der Waals surface area contributed by atoms with Crippen molar-refractivity contribution in [2.24, 2.45) is 0 Å². The molecular weight excluding hydrogens is 384 g/mol. The monoisotopic (exact) mass is 413 g/mol. The highest BCUT2D eigenvalue weighted by atomic mass is 16.5. The van der Waals surface area contributed by atoms with Crippen molar-refractivity contribution in [2.45, 2.75) is 31.4 Å². The molecule has 2 aliphatic heterocycles. The number of ether oxygens (including phenoxy) is 1. The van der Waals surface area contributed by atoms with Gasteiger partial charge in [0.05, 0.1) is 13.7 Å². The Morgan fingerprint density at radius 3 is 2.32 bits per heavy atom. The molecule has 4 heteroatoms. The van der Waals surface area contributed by atoms with Gasteiger partial charge in [-0.05, 0) is 42.5 Å². The van der Waals surface area contributed by atoms with Crippen molar-refractivity contribution in [2.75, 3.05) is 25.1 Å². The van der Waals surface area contributed by atoms with Gasteiger partial charge in [0.2, 0.25) is 0 Å². The van der Waals surface area contributed by atoms with Crippen LogP contribution in [-0.4, -0.2) is 35.7 Å². The van der Waals surface area contributed by atoms with E-state index in [4.69, 9.17) is 4.74 Å². The van der Waals surface area contributed by atoms with Gasteiger partial charge in [-0.3, -0.25) is 4.58 Å². The van der Waals surface area contributed by atoms with Crippen molar-refractivity contribution >= 4 is 11.5 Å². The molecule has 158 valence electrons. The lowest BCUT2D eigenvalue weighted by molar-refractivity contribution is -0.534. The topological polar surface area (TPSA) is 35.7 Å². The molecule has 2 aliphatic rings. The summed E-state index contributed by atoms with van der Waals surface area (Å²) in [6, 6.07) is 26.7. The van der Waals surface area contributed by atoms with Crippen LogP contribution in [0.5, 0.6) is 5.75 Å². The molecule has 0 saturated carbocycles. The SMILES string of the molecule is COc1ccccc1N1C2=[N+](CCCCC2)CC1(O)c1ccc(-c2ccccc2)cc1. The average molecular weight is 414 g/mol. The van der Waals surface area contributed by atoms with Crippen molar-refractivity contribution in [3.63, 3.8) is 0 Å². The van der Waals surface area contributed by atoms with Crippen LogP contribution in [0.2, 0.25) is 0 Å². The van der Waals surface area contributed by atoms with Crippen LogP contribution < -0.4 is 9.64 Å². The third kappa shape index (κ3) is 3.51.